The van der Waals surface area contributed by atoms with Gasteiger partial charge in [-0.05, 0) is 79.6 Å². The molecule has 0 saturated heterocycles. The summed E-state index contributed by atoms with van der Waals surface area (Å²) in [5, 5.41) is 3.00. The predicted octanol–water partition coefficient (Wildman–Crippen LogP) is 5.02. The molecule has 3 aromatic carbocycles. The molecule has 0 aliphatic rings. The SMILES string of the molecule is COc1ccc(S(=O)(=O)Nc2cc(C(=O)Nc3cc(C)cc(C)c3)ccc2Cl)cc1. The lowest BCUT2D eigenvalue weighted by atomic mass is 10.1. The van der Waals surface area contributed by atoms with Crippen LogP contribution in [0.15, 0.2) is 65.6 Å². The van der Waals surface area contributed by atoms with Crippen molar-refractivity contribution in [1.82, 2.24) is 0 Å². The third-order valence-corrected chi connectivity index (χ3v) is 6.03. The topological polar surface area (TPSA) is 84.5 Å². The van der Waals surface area contributed by atoms with Gasteiger partial charge in [0.1, 0.15) is 5.75 Å². The van der Waals surface area contributed by atoms with Gasteiger partial charge >= 0.3 is 0 Å². The number of aryl methyl sites for hydroxylation is 2. The van der Waals surface area contributed by atoms with Crippen LogP contribution in [0.3, 0.4) is 0 Å². The van der Waals surface area contributed by atoms with Crippen LogP contribution >= 0.6 is 11.6 Å². The second-order valence-electron chi connectivity index (χ2n) is 6.81. The molecule has 0 unspecified atom stereocenters. The van der Waals surface area contributed by atoms with E-state index in [1.54, 1.807) is 12.1 Å². The Morgan fingerprint density at radius 2 is 1.57 bits per heavy atom. The van der Waals surface area contributed by atoms with E-state index in [-0.39, 0.29) is 27.1 Å². The molecule has 3 rings (SSSR count). The number of rotatable bonds is 6. The quantitative estimate of drug-likeness (QED) is 0.559. The van der Waals surface area contributed by atoms with Crippen LogP contribution in [0, 0.1) is 13.8 Å². The molecule has 0 spiro atoms. The van der Waals surface area contributed by atoms with E-state index in [1.165, 1.54) is 37.4 Å². The van der Waals surface area contributed by atoms with E-state index in [0.29, 0.717) is 11.4 Å². The maximum atomic E-state index is 12.7. The van der Waals surface area contributed by atoms with Gasteiger partial charge in [0.05, 0.1) is 22.7 Å². The van der Waals surface area contributed by atoms with E-state index in [1.807, 2.05) is 32.0 Å². The number of anilines is 2. The molecule has 0 bridgehead atoms. The van der Waals surface area contributed by atoms with Crippen LogP contribution in [0.4, 0.5) is 11.4 Å². The van der Waals surface area contributed by atoms with Crippen molar-refractivity contribution in [3.63, 3.8) is 0 Å². The molecule has 1 amide bonds. The molecule has 0 heterocycles. The van der Waals surface area contributed by atoms with Crippen molar-refractivity contribution in [2.75, 3.05) is 17.1 Å². The van der Waals surface area contributed by atoms with Crippen molar-refractivity contribution in [2.24, 2.45) is 0 Å². The molecular weight excluding hydrogens is 424 g/mol. The monoisotopic (exact) mass is 444 g/mol. The Bertz CT molecular complexity index is 1170. The first-order valence-corrected chi connectivity index (χ1v) is 10.9. The van der Waals surface area contributed by atoms with Gasteiger partial charge in [0, 0.05) is 11.3 Å². The van der Waals surface area contributed by atoms with Gasteiger partial charge < -0.3 is 10.1 Å². The minimum absolute atomic E-state index is 0.0458. The normalized spacial score (nSPS) is 11.1. The zero-order valence-corrected chi connectivity index (χ0v) is 18.3. The molecule has 3 aromatic rings. The number of hydrogen-bond acceptors (Lipinski definition) is 4. The van der Waals surface area contributed by atoms with Gasteiger partial charge in [0.15, 0.2) is 0 Å². The van der Waals surface area contributed by atoms with Crippen LogP contribution in [0.2, 0.25) is 5.02 Å². The molecule has 6 nitrogen and oxygen atoms in total. The Kier molecular flexibility index (Phi) is 6.34. The zero-order valence-electron chi connectivity index (χ0n) is 16.7. The lowest BCUT2D eigenvalue weighted by molar-refractivity contribution is 0.102. The van der Waals surface area contributed by atoms with Crippen molar-refractivity contribution >= 4 is 38.9 Å². The van der Waals surface area contributed by atoms with Crippen molar-refractivity contribution in [2.45, 2.75) is 18.7 Å². The Balaban J connectivity index is 1.84. The summed E-state index contributed by atoms with van der Waals surface area (Å²) < 4.78 is 32.9. The molecule has 8 heteroatoms. The summed E-state index contributed by atoms with van der Waals surface area (Å²) in [6.07, 6.45) is 0. The molecule has 0 aliphatic carbocycles. The van der Waals surface area contributed by atoms with Gasteiger partial charge in [0.25, 0.3) is 15.9 Å². The smallest absolute Gasteiger partial charge is 0.261 e. The minimum atomic E-state index is -3.90. The van der Waals surface area contributed by atoms with E-state index in [2.05, 4.69) is 10.0 Å². The Labute approximate surface area is 180 Å². The predicted molar refractivity (Wildman–Crippen MR) is 119 cm³/mol. The average Bonchev–Trinajstić information content (AvgIpc) is 2.68. The molecule has 0 aromatic heterocycles. The summed E-state index contributed by atoms with van der Waals surface area (Å²) in [5.74, 6) is 0.165. The highest BCUT2D eigenvalue weighted by Gasteiger charge is 2.17. The largest absolute Gasteiger partial charge is 0.497 e. The molecule has 2 N–H and O–H groups in total. The van der Waals surface area contributed by atoms with Crippen molar-refractivity contribution in [3.05, 3.63) is 82.4 Å². The van der Waals surface area contributed by atoms with Gasteiger partial charge in [-0.25, -0.2) is 8.42 Å². The number of halogens is 1. The Morgan fingerprint density at radius 1 is 0.933 bits per heavy atom. The fourth-order valence-electron chi connectivity index (χ4n) is 2.95. The number of hydrogen-bond donors (Lipinski definition) is 2. The summed E-state index contributed by atoms with van der Waals surface area (Å²) in [6, 6.07) is 16.1. The average molecular weight is 445 g/mol. The second-order valence-corrected chi connectivity index (χ2v) is 8.90. The maximum Gasteiger partial charge on any atom is 0.261 e. The number of carbonyl (C=O) groups excluding carboxylic acids is 1. The summed E-state index contributed by atoms with van der Waals surface area (Å²) in [6.45, 7) is 3.88. The molecule has 30 heavy (non-hydrogen) atoms. The zero-order chi connectivity index (χ0) is 21.9. The number of methoxy groups -OCH3 is 1. The van der Waals surface area contributed by atoms with Gasteiger partial charge in [-0.1, -0.05) is 17.7 Å². The highest BCUT2D eigenvalue weighted by molar-refractivity contribution is 7.92. The number of sulfonamides is 1. The van der Waals surface area contributed by atoms with Crippen LogP contribution in [0.5, 0.6) is 5.75 Å². The molecular formula is C22H21ClN2O4S. The molecule has 0 saturated carbocycles. The first kappa shape index (κ1) is 21.7. The summed E-state index contributed by atoms with van der Waals surface area (Å²) >= 11 is 6.17. The van der Waals surface area contributed by atoms with Crippen molar-refractivity contribution in [3.8, 4) is 5.75 Å². The first-order valence-electron chi connectivity index (χ1n) is 9.04. The van der Waals surface area contributed by atoms with Crippen LogP contribution in [-0.4, -0.2) is 21.4 Å². The van der Waals surface area contributed by atoms with Crippen molar-refractivity contribution < 1.29 is 17.9 Å². The standard InChI is InChI=1S/C22H21ClN2O4S/c1-14-10-15(2)12-17(11-14)24-22(26)16-4-9-20(23)21(13-16)25-30(27,28)19-7-5-18(29-3)6-8-19/h4-13,25H,1-3H3,(H,24,26). The number of benzene rings is 3. The summed E-state index contributed by atoms with van der Waals surface area (Å²) in [4.78, 5) is 12.7. The fraction of sp³-hybridized carbons (Fsp3) is 0.136. The number of amides is 1. The van der Waals surface area contributed by atoms with E-state index >= 15 is 0 Å². The Hall–Kier alpha value is -3.03. The number of carbonyl (C=O) groups is 1. The van der Waals surface area contributed by atoms with Gasteiger partial charge in [-0.3, -0.25) is 9.52 Å². The lowest BCUT2D eigenvalue weighted by Gasteiger charge is -2.12. The summed E-state index contributed by atoms with van der Waals surface area (Å²) in [5.41, 5.74) is 3.09. The number of nitrogens with one attached hydrogen (secondary N) is 2. The fourth-order valence-corrected chi connectivity index (χ4v) is 4.24. The highest BCUT2D eigenvalue weighted by atomic mass is 35.5. The van der Waals surface area contributed by atoms with E-state index < -0.39 is 10.0 Å². The van der Waals surface area contributed by atoms with Gasteiger partial charge in [-0.2, -0.15) is 0 Å². The van der Waals surface area contributed by atoms with Gasteiger partial charge in [-0.15, -0.1) is 0 Å². The molecule has 156 valence electrons. The highest BCUT2D eigenvalue weighted by Crippen LogP contribution is 2.27. The second kappa shape index (κ2) is 8.77. The molecule has 0 fully saturated rings. The third kappa shape index (κ3) is 5.11. The number of ether oxygens (including phenoxy) is 1. The molecule has 0 atom stereocenters. The molecule has 0 radical (unpaired) electrons. The van der Waals surface area contributed by atoms with E-state index in [0.717, 1.165) is 11.1 Å². The van der Waals surface area contributed by atoms with Crippen molar-refractivity contribution in [1.29, 1.82) is 0 Å². The van der Waals surface area contributed by atoms with Crippen LogP contribution < -0.4 is 14.8 Å². The maximum absolute atomic E-state index is 12.7. The lowest BCUT2D eigenvalue weighted by Crippen LogP contribution is -2.15. The van der Waals surface area contributed by atoms with E-state index in [9.17, 15) is 13.2 Å². The molecule has 0 aliphatic heterocycles. The third-order valence-electron chi connectivity index (χ3n) is 4.32. The van der Waals surface area contributed by atoms with Crippen LogP contribution in [0.1, 0.15) is 21.5 Å². The van der Waals surface area contributed by atoms with Crippen LogP contribution in [-0.2, 0) is 10.0 Å². The minimum Gasteiger partial charge on any atom is -0.497 e. The van der Waals surface area contributed by atoms with Gasteiger partial charge in [0.2, 0.25) is 0 Å². The van der Waals surface area contributed by atoms with E-state index in [4.69, 9.17) is 16.3 Å². The summed E-state index contributed by atoms with van der Waals surface area (Å²) in [7, 11) is -2.40. The Morgan fingerprint density at radius 3 is 2.17 bits per heavy atom. The van der Waals surface area contributed by atoms with Crippen LogP contribution in [0.25, 0.3) is 0 Å². The first-order chi connectivity index (χ1) is 14.2.